The van der Waals surface area contributed by atoms with Crippen LogP contribution in [0.2, 0.25) is 0 Å². The lowest BCUT2D eigenvalue weighted by Gasteiger charge is -1.92. The highest BCUT2D eigenvalue weighted by atomic mass is 19.1. The van der Waals surface area contributed by atoms with E-state index in [1.807, 2.05) is 0 Å². The van der Waals surface area contributed by atoms with E-state index in [4.69, 9.17) is 5.21 Å². The number of hydrogen-bond acceptors (Lipinski definition) is 4. The molecule has 0 fully saturated rings. The molecule has 0 aliphatic carbocycles. The number of hydrogen-bond donors (Lipinski definition) is 1. The van der Waals surface area contributed by atoms with Crippen molar-refractivity contribution in [1.82, 2.24) is 0 Å². The van der Waals surface area contributed by atoms with Crippen molar-refractivity contribution in [2.75, 3.05) is 13.3 Å². The lowest BCUT2D eigenvalue weighted by molar-refractivity contribution is -0.144. The summed E-state index contributed by atoms with van der Waals surface area (Å²) >= 11 is 0. The Kier molecular flexibility index (Phi) is 11.1. The molecule has 0 heterocycles. The van der Waals surface area contributed by atoms with Gasteiger partial charge in [0.05, 0.1) is 12.3 Å². The quantitative estimate of drug-likeness (QED) is 0.301. The van der Waals surface area contributed by atoms with Gasteiger partial charge in [0.25, 0.3) is 0 Å². The fourth-order valence-electron chi connectivity index (χ4n) is 0.200. The normalized spacial score (nSPS) is 7.67. The summed E-state index contributed by atoms with van der Waals surface area (Å²) < 4.78 is 15.3. The van der Waals surface area contributed by atoms with Crippen LogP contribution in [0.4, 0.5) is 4.39 Å². The second-order valence-electron chi connectivity index (χ2n) is 1.99. The molecule has 0 bridgehead atoms. The lowest BCUT2D eigenvalue weighted by atomic mass is 10.5. The molecule has 0 aromatic heterocycles. The fraction of sp³-hybridized carbons (Fsp3) is 0.714. The van der Waals surface area contributed by atoms with Gasteiger partial charge in [0.2, 0.25) is 0 Å². The van der Waals surface area contributed by atoms with E-state index in [0.717, 1.165) is 0 Å². The van der Waals surface area contributed by atoms with E-state index >= 15 is 0 Å². The van der Waals surface area contributed by atoms with E-state index in [0.29, 0.717) is 5.71 Å². The first-order valence-electron chi connectivity index (χ1n) is 3.45. The maximum absolute atomic E-state index is 11.1. The molecule has 0 atom stereocenters. The van der Waals surface area contributed by atoms with E-state index in [-0.39, 0.29) is 6.61 Å². The highest BCUT2D eigenvalue weighted by Gasteiger charge is 1.94. The van der Waals surface area contributed by atoms with Gasteiger partial charge in [-0.15, -0.1) is 0 Å². The van der Waals surface area contributed by atoms with Crippen molar-refractivity contribution in [1.29, 1.82) is 0 Å². The zero-order chi connectivity index (χ0) is 9.98. The van der Waals surface area contributed by atoms with Gasteiger partial charge in [-0.05, 0) is 20.8 Å². The van der Waals surface area contributed by atoms with Crippen molar-refractivity contribution in [2.24, 2.45) is 5.16 Å². The van der Waals surface area contributed by atoms with Crippen LogP contribution in [0, 0.1) is 0 Å². The minimum absolute atomic E-state index is 0.253. The van der Waals surface area contributed by atoms with Crippen molar-refractivity contribution in [2.45, 2.75) is 20.8 Å². The number of halogens is 1. The zero-order valence-electron chi connectivity index (χ0n) is 7.50. The van der Waals surface area contributed by atoms with Gasteiger partial charge in [-0.1, -0.05) is 5.16 Å². The van der Waals surface area contributed by atoms with Gasteiger partial charge in [0.15, 0.2) is 6.67 Å². The molecule has 0 saturated carbocycles. The average molecular weight is 179 g/mol. The minimum atomic E-state index is -1.02. The van der Waals surface area contributed by atoms with Crippen molar-refractivity contribution in [3.05, 3.63) is 0 Å². The molecule has 0 aromatic carbocycles. The Morgan fingerprint density at radius 2 is 2.00 bits per heavy atom. The number of alkyl halides is 1. The molecule has 0 rings (SSSR count). The SMILES string of the molecule is CC(C)=NO.CCOC(=O)CF. The van der Waals surface area contributed by atoms with Crippen LogP contribution in [0.1, 0.15) is 20.8 Å². The van der Waals surface area contributed by atoms with Crippen LogP contribution in [-0.2, 0) is 9.53 Å². The number of esters is 1. The number of rotatable bonds is 2. The molecule has 1 N–H and O–H groups in total. The van der Waals surface area contributed by atoms with E-state index < -0.39 is 12.6 Å². The molecule has 0 saturated heterocycles. The molecular weight excluding hydrogens is 165 g/mol. The van der Waals surface area contributed by atoms with Crippen molar-refractivity contribution in [3.8, 4) is 0 Å². The number of ether oxygens (including phenoxy) is 1. The number of nitrogens with zero attached hydrogens (tertiary/aromatic N) is 1. The van der Waals surface area contributed by atoms with E-state index in [1.165, 1.54) is 0 Å². The molecule has 0 spiro atoms. The Hall–Kier alpha value is -1.13. The molecule has 0 aliphatic rings. The minimum Gasteiger partial charge on any atom is -0.464 e. The van der Waals surface area contributed by atoms with Crippen LogP contribution in [0.25, 0.3) is 0 Å². The molecule has 0 aliphatic heterocycles. The molecule has 0 aromatic rings. The van der Waals surface area contributed by atoms with Crippen LogP contribution in [0.15, 0.2) is 5.16 Å². The van der Waals surface area contributed by atoms with Crippen molar-refractivity contribution >= 4 is 11.7 Å². The molecule has 72 valence electrons. The zero-order valence-corrected chi connectivity index (χ0v) is 7.50. The third-order valence-corrected chi connectivity index (χ3v) is 0.614. The van der Waals surface area contributed by atoms with E-state index in [1.54, 1.807) is 20.8 Å². The van der Waals surface area contributed by atoms with Crippen LogP contribution >= 0.6 is 0 Å². The van der Waals surface area contributed by atoms with Gasteiger partial charge in [0.1, 0.15) is 0 Å². The smallest absolute Gasteiger partial charge is 0.337 e. The van der Waals surface area contributed by atoms with Crippen molar-refractivity contribution in [3.63, 3.8) is 0 Å². The van der Waals surface area contributed by atoms with Crippen LogP contribution in [-0.4, -0.2) is 30.2 Å². The van der Waals surface area contributed by atoms with Gasteiger partial charge >= 0.3 is 5.97 Å². The summed E-state index contributed by atoms with van der Waals surface area (Å²) in [6, 6.07) is 0. The molecular formula is C7H14FNO3. The van der Waals surface area contributed by atoms with Gasteiger partial charge in [-0.3, -0.25) is 0 Å². The van der Waals surface area contributed by atoms with E-state index in [9.17, 15) is 9.18 Å². The summed E-state index contributed by atoms with van der Waals surface area (Å²) in [6.45, 7) is 4.31. The number of oxime groups is 1. The third kappa shape index (κ3) is 15.9. The van der Waals surface area contributed by atoms with Gasteiger partial charge < -0.3 is 9.94 Å². The van der Waals surface area contributed by atoms with Gasteiger partial charge in [0, 0.05) is 0 Å². The second-order valence-corrected chi connectivity index (χ2v) is 1.99. The Balaban J connectivity index is 0. The highest BCUT2D eigenvalue weighted by Crippen LogP contribution is 1.75. The topological polar surface area (TPSA) is 58.9 Å². The highest BCUT2D eigenvalue weighted by molar-refractivity contribution is 5.78. The molecule has 4 nitrogen and oxygen atoms in total. The summed E-state index contributed by atoms with van der Waals surface area (Å²) in [5.74, 6) is -0.789. The van der Waals surface area contributed by atoms with E-state index in [2.05, 4.69) is 9.89 Å². The third-order valence-electron chi connectivity index (χ3n) is 0.614. The summed E-state index contributed by atoms with van der Waals surface area (Å²) in [4.78, 5) is 9.81. The molecule has 12 heavy (non-hydrogen) atoms. The number of carbonyl (C=O) groups excluding carboxylic acids is 1. The maximum Gasteiger partial charge on any atom is 0.337 e. The number of carbonyl (C=O) groups is 1. The fourth-order valence-corrected chi connectivity index (χ4v) is 0.200. The first kappa shape index (κ1) is 13.5. The predicted octanol–water partition coefficient (Wildman–Crippen LogP) is 1.38. The largest absolute Gasteiger partial charge is 0.464 e. The summed E-state index contributed by atoms with van der Waals surface area (Å²) in [6.07, 6.45) is 0. The molecule has 0 amide bonds. The lowest BCUT2D eigenvalue weighted by Crippen LogP contribution is -2.04. The summed E-state index contributed by atoms with van der Waals surface area (Å²) in [5.41, 5.74) is 0.685. The van der Waals surface area contributed by atoms with Crippen LogP contribution < -0.4 is 0 Å². The van der Waals surface area contributed by atoms with Crippen LogP contribution in [0.3, 0.4) is 0 Å². The molecule has 5 heteroatoms. The van der Waals surface area contributed by atoms with Gasteiger partial charge in [-0.2, -0.15) is 0 Å². The summed E-state index contributed by atoms with van der Waals surface area (Å²) in [5, 5.41) is 10.5. The Bertz CT molecular complexity index is 144. The van der Waals surface area contributed by atoms with Crippen LogP contribution in [0.5, 0.6) is 0 Å². The maximum atomic E-state index is 11.1. The monoisotopic (exact) mass is 179 g/mol. The molecule has 0 unspecified atom stereocenters. The average Bonchev–Trinajstić information content (AvgIpc) is 2.06. The predicted molar refractivity (Wildman–Crippen MR) is 43.2 cm³/mol. The first-order chi connectivity index (χ1) is 5.58. The molecule has 0 radical (unpaired) electrons. The second kappa shape index (κ2) is 9.87. The Morgan fingerprint density at radius 3 is 2.08 bits per heavy atom. The van der Waals surface area contributed by atoms with Crippen molar-refractivity contribution < 1.29 is 19.1 Å². The van der Waals surface area contributed by atoms with Gasteiger partial charge in [-0.25, -0.2) is 9.18 Å². The Labute approximate surface area is 71.0 Å². The Morgan fingerprint density at radius 1 is 1.58 bits per heavy atom. The summed E-state index contributed by atoms with van der Waals surface area (Å²) in [7, 11) is 0. The first-order valence-corrected chi connectivity index (χ1v) is 3.45. The standard InChI is InChI=1S/C4H7FO2.C3H7NO/c1-2-7-4(6)3-5;1-3(2)4-5/h2-3H2,1H3;5H,1-2H3.